The van der Waals surface area contributed by atoms with E-state index in [1.165, 1.54) is 17.3 Å². The number of anilines is 2. The fraction of sp³-hybridized carbons (Fsp3) is 0.500. The molecule has 4 heterocycles. The Kier molecular flexibility index (Phi) is 4.18. The van der Waals surface area contributed by atoms with Crippen molar-refractivity contribution in [2.45, 2.75) is 37.6 Å². The van der Waals surface area contributed by atoms with Gasteiger partial charge in [-0.25, -0.2) is 18.9 Å². The van der Waals surface area contributed by atoms with Crippen molar-refractivity contribution in [1.29, 1.82) is 0 Å². The highest BCUT2D eigenvalue weighted by Crippen LogP contribution is 2.40. The number of amides is 1. The van der Waals surface area contributed by atoms with Crippen LogP contribution in [0.25, 0.3) is 0 Å². The Morgan fingerprint density at radius 2 is 2.07 bits per heavy atom. The first-order valence-electron chi connectivity index (χ1n) is 9.15. The van der Waals surface area contributed by atoms with Crippen LogP contribution in [0.1, 0.15) is 12.8 Å². The van der Waals surface area contributed by atoms with E-state index >= 15 is 0 Å². The van der Waals surface area contributed by atoms with Crippen LogP contribution in [0.15, 0.2) is 30.9 Å². The molecule has 2 bridgehead atoms. The number of cyclic esters (lactones) is 1. The van der Waals surface area contributed by atoms with E-state index in [0.29, 0.717) is 36.5 Å². The fourth-order valence-electron chi connectivity index (χ4n) is 4.26. The van der Waals surface area contributed by atoms with E-state index in [1.807, 2.05) is 23.9 Å². The van der Waals surface area contributed by atoms with E-state index < -0.39 is 6.09 Å². The van der Waals surface area contributed by atoms with Crippen molar-refractivity contribution in [3.63, 3.8) is 0 Å². The molecule has 0 N–H and O–H groups in total. The highest BCUT2D eigenvalue weighted by atomic mass is 32.2. The quantitative estimate of drug-likeness (QED) is 0.801. The van der Waals surface area contributed by atoms with Crippen LogP contribution in [-0.4, -0.2) is 57.1 Å². The third-order valence-electron chi connectivity index (χ3n) is 5.49. The van der Waals surface area contributed by atoms with Gasteiger partial charge in [0, 0.05) is 23.6 Å². The molecule has 1 amide bonds. The van der Waals surface area contributed by atoms with Crippen LogP contribution in [-0.2, 0) is 11.3 Å². The van der Waals surface area contributed by atoms with Crippen molar-refractivity contribution in [2.24, 2.45) is 0 Å². The third-order valence-corrected chi connectivity index (χ3v) is 6.73. The van der Waals surface area contributed by atoms with Crippen molar-refractivity contribution < 1.29 is 13.9 Å². The van der Waals surface area contributed by atoms with E-state index in [4.69, 9.17) is 4.74 Å². The maximum atomic E-state index is 14.9. The fourth-order valence-corrected chi connectivity index (χ4v) is 5.59. The largest absolute Gasteiger partial charge is 0.442 e. The van der Waals surface area contributed by atoms with Gasteiger partial charge in [-0.15, -0.1) is 0 Å². The molecule has 3 aliphatic heterocycles. The SMILES string of the molecule is O=C1O[C@@H](Cn2cncn2)CN1c1ccc(N2C3CCC2CSC3)c(F)c1. The normalized spacial score (nSPS) is 27.3. The zero-order chi connectivity index (χ0) is 18.4. The lowest BCUT2D eigenvalue weighted by Crippen LogP contribution is -2.43. The number of benzene rings is 1. The van der Waals surface area contributed by atoms with Gasteiger partial charge in [-0.3, -0.25) is 4.90 Å². The van der Waals surface area contributed by atoms with Gasteiger partial charge in [-0.05, 0) is 31.0 Å². The van der Waals surface area contributed by atoms with Crippen LogP contribution in [0.4, 0.5) is 20.6 Å². The highest BCUT2D eigenvalue weighted by Gasteiger charge is 2.39. The summed E-state index contributed by atoms with van der Waals surface area (Å²) in [5.41, 5.74) is 1.18. The lowest BCUT2D eigenvalue weighted by Gasteiger charge is -2.36. The number of carbonyl (C=O) groups excluding carboxylic acids is 1. The molecule has 7 nitrogen and oxygen atoms in total. The molecule has 3 fully saturated rings. The molecule has 1 aromatic heterocycles. The second kappa shape index (κ2) is 6.70. The van der Waals surface area contributed by atoms with Crippen LogP contribution in [0.2, 0.25) is 0 Å². The van der Waals surface area contributed by atoms with Crippen molar-refractivity contribution in [2.75, 3.05) is 27.9 Å². The lowest BCUT2D eigenvalue weighted by molar-refractivity contribution is 0.129. The van der Waals surface area contributed by atoms with Crippen LogP contribution >= 0.6 is 11.8 Å². The summed E-state index contributed by atoms with van der Waals surface area (Å²) in [7, 11) is 0. The van der Waals surface area contributed by atoms with Gasteiger partial charge in [-0.2, -0.15) is 16.9 Å². The van der Waals surface area contributed by atoms with Crippen LogP contribution < -0.4 is 9.80 Å². The third kappa shape index (κ3) is 3.03. The summed E-state index contributed by atoms with van der Waals surface area (Å²) >= 11 is 1.96. The molecule has 0 saturated carbocycles. The molecule has 2 unspecified atom stereocenters. The first kappa shape index (κ1) is 16.9. The summed E-state index contributed by atoms with van der Waals surface area (Å²) in [6.45, 7) is 0.792. The Bertz CT molecular complexity index is 832. The number of carbonyl (C=O) groups is 1. The molecular weight excluding hydrogens is 369 g/mol. The molecule has 0 spiro atoms. The maximum Gasteiger partial charge on any atom is 0.414 e. The number of hydrogen-bond acceptors (Lipinski definition) is 6. The van der Waals surface area contributed by atoms with E-state index in [-0.39, 0.29) is 11.9 Å². The van der Waals surface area contributed by atoms with E-state index in [2.05, 4.69) is 15.0 Å². The van der Waals surface area contributed by atoms with Gasteiger partial charge >= 0.3 is 6.09 Å². The predicted octanol–water partition coefficient (Wildman–Crippen LogP) is 2.53. The molecule has 3 aliphatic rings. The summed E-state index contributed by atoms with van der Waals surface area (Å²) in [5, 5.41) is 4.03. The van der Waals surface area contributed by atoms with Crippen molar-refractivity contribution in [3.8, 4) is 0 Å². The number of fused-ring (bicyclic) bond motifs is 2. The molecule has 27 heavy (non-hydrogen) atoms. The molecule has 5 rings (SSSR count). The standard InChI is InChI=1S/C18H20FN5O2S/c19-16-5-12(3-4-17(16)24-13-1-2-14(24)9-27-8-13)23-7-15(26-18(23)25)6-22-11-20-10-21-22/h3-5,10-11,13-15H,1-2,6-9H2/t13?,14?,15-/m0/s1. The lowest BCUT2D eigenvalue weighted by atomic mass is 10.2. The Hall–Kier alpha value is -2.29. The molecule has 1 aromatic carbocycles. The van der Waals surface area contributed by atoms with E-state index in [1.54, 1.807) is 11.0 Å². The van der Waals surface area contributed by atoms with Crippen LogP contribution in [0.5, 0.6) is 0 Å². The topological polar surface area (TPSA) is 63.5 Å². The molecule has 0 radical (unpaired) electrons. The van der Waals surface area contributed by atoms with Gasteiger partial charge in [0.2, 0.25) is 0 Å². The molecule has 2 aromatic rings. The van der Waals surface area contributed by atoms with Gasteiger partial charge in [0.15, 0.2) is 0 Å². The monoisotopic (exact) mass is 389 g/mol. The summed E-state index contributed by atoms with van der Waals surface area (Å²) in [6.07, 6.45) is 4.48. The minimum atomic E-state index is -0.457. The number of ether oxygens (including phenoxy) is 1. The van der Waals surface area contributed by atoms with Gasteiger partial charge in [-0.1, -0.05) is 0 Å². The first-order valence-corrected chi connectivity index (χ1v) is 10.3. The summed E-state index contributed by atoms with van der Waals surface area (Å²) in [4.78, 5) is 19.9. The molecule has 0 aliphatic carbocycles. The minimum absolute atomic E-state index is 0.274. The van der Waals surface area contributed by atoms with Crippen LogP contribution in [0.3, 0.4) is 0 Å². The second-order valence-corrected chi connectivity index (χ2v) is 8.27. The molecular formula is C18H20FN5O2S. The Morgan fingerprint density at radius 1 is 1.26 bits per heavy atom. The zero-order valence-corrected chi connectivity index (χ0v) is 15.5. The summed E-state index contributed by atoms with van der Waals surface area (Å²) in [6, 6.07) is 5.91. The van der Waals surface area contributed by atoms with Crippen molar-refractivity contribution in [1.82, 2.24) is 14.8 Å². The number of thioether (sulfide) groups is 1. The van der Waals surface area contributed by atoms with Crippen molar-refractivity contribution >= 4 is 29.2 Å². The van der Waals surface area contributed by atoms with Gasteiger partial charge in [0.05, 0.1) is 24.5 Å². The minimum Gasteiger partial charge on any atom is -0.442 e. The van der Waals surface area contributed by atoms with Gasteiger partial charge in [0.1, 0.15) is 24.6 Å². The van der Waals surface area contributed by atoms with Gasteiger partial charge in [0.25, 0.3) is 0 Å². The predicted molar refractivity (Wildman–Crippen MR) is 101 cm³/mol. The van der Waals surface area contributed by atoms with E-state index in [9.17, 15) is 9.18 Å². The molecule has 142 valence electrons. The number of halogens is 1. The average Bonchev–Trinajstić information content (AvgIpc) is 3.34. The van der Waals surface area contributed by atoms with Gasteiger partial charge < -0.3 is 9.64 Å². The summed E-state index contributed by atoms with van der Waals surface area (Å²) < 4.78 is 22.0. The Labute approximate surface area is 160 Å². The van der Waals surface area contributed by atoms with Crippen LogP contribution in [0, 0.1) is 5.82 Å². The zero-order valence-electron chi connectivity index (χ0n) is 14.7. The Morgan fingerprint density at radius 3 is 2.78 bits per heavy atom. The summed E-state index contributed by atoms with van der Waals surface area (Å²) in [5.74, 6) is 1.84. The maximum absolute atomic E-state index is 14.9. The second-order valence-electron chi connectivity index (χ2n) is 7.20. The Balaban J connectivity index is 1.34. The number of rotatable bonds is 4. The first-order chi connectivity index (χ1) is 13.2. The highest BCUT2D eigenvalue weighted by molar-refractivity contribution is 7.99. The smallest absolute Gasteiger partial charge is 0.414 e. The molecule has 3 atom stereocenters. The van der Waals surface area contributed by atoms with E-state index in [0.717, 1.165) is 24.3 Å². The molecule has 9 heteroatoms. The number of aromatic nitrogens is 3. The molecule has 3 saturated heterocycles. The average molecular weight is 389 g/mol. The van der Waals surface area contributed by atoms with Crippen molar-refractivity contribution in [3.05, 3.63) is 36.7 Å². The number of nitrogens with zero attached hydrogens (tertiary/aromatic N) is 5. The number of hydrogen-bond donors (Lipinski definition) is 0.